The zero-order valence-corrected chi connectivity index (χ0v) is 13.7. The zero-order valence-electron chi connectivity index (χ0n) is 10.6. The summed E-state index contributed by atoms with van der Waals surface area (Å²) < 4.78 is 6.68. The summed E-state index contributed by atoms with van der Waals surface area (Å²) in [5.41, 5.74) is 2.07. The van der Waals surface area contributed by atoms with Gasteiger partial charge in [0.05, 0.1) is 19.0 Å². The molecule has 1 heterocycles. The molecule has 0 saturated heterocycles. The van der Waals surface area contributed by atoms with Gasteiger partial charge in [-0.25, -0.2) is 0 Å². The highest BCUT2D eigenvalue weighted by molar-refractivity contribution is 9.10. The van der Waals surface area contributed by atoms with Crippen LogP contribution >= 0.6 is 38.9 Å². The van der Waals surface area contributed by atoms with E-state index >= 15 is 0 Å². The van der Waals surface area contributed by atoms with Crippen molar-refractivity contribution in [2.24, 2.45) is 0 Å². The van der Waals surface area contributed by atoms with Crippen LogP contribution in [0.5, 0.6) is 5.75 Å². The number of benzene rings is 1. The summed E-state index contributed by atoms with van der Waals surface area (Å²) in [4.78, 5) is 1.28. The highest BCUT2D eigenvalue weighted by atomic mass is 79.9. The molecule has 0 radical (unpaired) electrons. The molecule has 1 N–H and O–H groups in total. The third kappa shape index (κ3) is 3.88. The summed E-state index contributed by atoms with van der Waals surface area (Å²) in [6, 6.07) is 8.08. The van der Waals surface area contributed by atoms with Crippen LogP contribution in [0.1, 0.15) is 17.4 Å². The number of rotatable bonds is 6. The Balaban J connectivity index is 2.07. The summed E-state index contributed by atoms with van der Waals surface area (Å²) in [5, 5.41) is 5.47. The lowest BCUT2D eigenvalue weighted by molar-refractivity contribution is 0.337. The van der Waals surface area contributed by atoms with Crippen molar-refractivity contribution in [1.82, 2.24) is 0 Å². The Kier molecular flexibility index (Phi) is 5.55. The van der Waals surface area contributed by atoms with Gasteiger partial charge in [-0.1, -0.05) is 0 Å². The molecule has 2 rings (SSSR count). The number of thiophene rings is 1. The monoisotopic (exact) mass is 359 g/mol. The highest BCUT2D eigenvalue weighted by Gasteiger charge is 2.05. The molecule has 0 unspecified atom stereocenters. The van der Waals surface area contributed by atoms with E-state index < -0.39 is 0 Å². The second-order valence-electron chi connectivity index (χ2n) is 3.93. The zero-order chi connectivity index (χ0) is 13.7. The summed E-state index contributed by atoms with van der Waals surface area (Å²) in [7, 11) is 0. The molecule has 0 aliphatic heterocycles. The molecule has 1 aromatic carbocycles. The van der Waals surface area contributed by atoms with Gasteiger partial charge in [-0.2, -0.15) is 0 Å². The minimum Gasteiger partial charge on any atom is -0.494 e. The fourth-order valence-electron chi connectivity index (χ4n) is 1.72. The van der Waals surface area contributed by atoms with E-state index in [-0.39, 0.29) is 0 Å². The molecule has 19 heavy (non-hydrogen) atoms. The summed E-state index contributed by atoms with van der Waals surface area (Å²) in [6.45, 7) is 3.42. The third-order valence-corrected chi connectivity index (χ3v) is 4.86. The minimum atomic E-state index is 0.452. The number of ether oxygens (including phenoxy) is 1. The molecule has 0 fully saturated rings. The maximum atomic E-state index is 5.95. The fraction of sp³-hybridized carbons (Fsp3) is 0.286. The normalized spacial score (nSPS) is 10.5. The minimum absolute atomic E-state index is 0.452. The second-order valence-corrected chi connectivity index (χ2v) is 6.06. The fourth-order valence-corrected chi connectivity index (χ4v) is 3.36. The maximum absolute atomic E-state index is 5.95. The van der Waals surface area contributed by atoms with Crippen LogP contribution in [0, 0.1) is 0 Å². The van der Waals surface area contributed by atoms with Gasteiger partial charge < -0.3 is 10.1 Å². The lowest BCUT2D eigenvalue weighted by Crippen LogP contribution is -2.00. The first-order valence-electron chi connectivity index (χ1n) is 6.02. The van der Waals surface area contributed by atoms with Gasteiger partial charge in [-0.15, -0.1) is 22.9 Å². The van der Waals surface area contributed by atoms with Crippen molar-refractivity contribution >= 4 is 44.6 Å². The van der Waals surface area contributed by atoms with Crippen molar-refractivity contribution in [1.29, 1.82) is 0 Å². The molecule has 2 aromatic rings. The van der Waals surface area contributed by atoms with Crippen LogP contribution in [-0.4, -0.2) is 6.61 Å². The molecule has 5 heteroatoms. The molecular weight excluding hydrogens is 346 g/mol. The van der Waals surface area contributed by atoms with Crippen molar-refractivity contribution in [3.63, 3.8) is 0 Å². The Morgan fingerprint density at radius 3 is 2.84 bits per heavy atom. The second kappa shape index (κ2) is 7.17. The molecular formula is C14H15BrClNOS. The number of hydrogen-bond acceptors (Lipinski definition) is 3. The van der Waals surface area contributed by atoms with Gasteiger partial charge in [0.1, 0.15) is 5.75 Å². The number of anilines is 1. The Hall–Kier alpha value is -0.710. The molecule has 0 spiro atoms. The molecule has 0 aliphatic rings. The van der Waals surface area contributed by atoms with Gasteiger partial charge >= 0.3 is 0 Å². The molecule has 0 saturated carbocycles. The van der Waals surface area contributed by atoms with Crippen LogP contribution in [0.4, 0.5) is 5.69 Å². The SMILES string of the molecule is CCOc1ccc(NCc2sccc2Br)cc1CCl. The van der Waals surface area contributed by atoms with Gasteiger partial charge in [0, 0.05) is 20.6 Å². The van der Waals surface area contributed by atoms with Gasteiger partial charge in [-0.05, 0) is 52.5 Å². The molecule has 0 atom stereocenters. The standard InChI is InChI=1S/C14H15BrClNOS/c1-2-18-13-4-3-11(7-10(13)8-16)17-9-14-12(15)5-6-19-14/h3-7,17H,2,8-9H2,1H3. The molecule has 0 aliphatic carbocycles. The molecule has 0 amide bonds. The maximum Gasteiger partial charge on any atom is 0.123 e. The van der Waals surface area contributed by atoms with Crippen molar-refractivity contribution in [2.45, 2.75) is 19.3 Å². The van der Waals surface area contributed by atoms with E-state index in [0.29, 0.717) is 12.5 Å². The van der Waals surface area contributed by atoms with Crippen LogP contribution in [0.3, 0.4) is 0 Å². The van der Waals surface area contributed by atoms with Gasteiger partial charge in [0.2, 0.25) is 0 Å². The van der Waals surface area contributed by atoms with E-state index in [1.165, 1.54) is 4.88 Å². The first-order valence-corrected chi connectivity index (χ1v) is 8.22. The Bertz CT molecular complexity index is 544. The van der Waals surface area contributed by atoms with Crippen molar-refractivity contribution in [3.05, 3.63) is 44.6 Å². The number of nitrogens with one attached hydrogen (secondary N) is 1. The van der Waals surface area contributed by atoms with E-state index in [9.17, 15) is 0 Å². The van der Waals surface area contributed by atoms with Crippen LogP contribution in [0.25, 0.3) is 0 Å². The van der Waals surface area contributed by atoms with Crippen LogP contribution in [-0.2, 0) is 12.4 Å². The first-order chi connectivity index (χ1) is 9.24. The van der Waals surface area contributed by atoms with E-state index in [0.717, 1.165) is 28.0 Å². The number of alkyl halides is 1. The molecule has 0 bridgehead atoms. The third-order valence-electron chi connectivity index (χ3n) is 2.65. The lowest BCUT2D eigenvalue weighted by Gasteiger charge is -2.11. The summed E-state index contributed by atoms with van der Waals surface area (Å²) >= 11 is 11.2. The summed E-state index contributed by atoms with van der Waals surface area (Å²) in [5.74, 6) is 1.31. The average molecular weight is 361 g/mol. The largest absolute Gasteiger partial charge is 0.494 e. The molecule has 102 valence electrons. The summed E-state index contributed by atoms with van der Waals surface area (Å²) in [6.07, 6.45) is 0. The van der Waals surface area contributed by atoms with Crippen LogP contribution in [0.2, 0.25) is 0 Å². The van der Waals surface area contributed by atoms with Crippen LogP contribution < -0.4 is 10.1 Å². The Labute approximate surface area is 130 Å². The van der Waals surface area contributed by atoms with E-state index in [4.69, 9.17) is 16.3 Å². The number of halogens is 2. The molecule has 1 aromatic heterocycles. The topological polar surface area (TPSA) is 21.3 Å². The van der Waals surface area contributed by atoms with Crippen LogP contribution in [0.15, 0.2) is 34.1 Å². The van der Waals surface area contributed by atoms with Crippen molar-refractivity contribution in [2.75, 3.05) is 11.9 Å². The quantitative estimate of drug-likeness (QED) is 0.709. The van der Waals surface area contributed by atoms with Gasteiger partial charge in [0.15, 0.2) is 0 Å². The van der Waals surface area contributed by atoms with E-state index in [2.05, 4.69) is 32.7 Å². The van der Waals surface area contributed by atoms with Crippen molar-refractivity contribution < 1.29 is 4.74 Å². The Morgan fingerprint density at radius 1 is 1.37 bits per heavy atom. The highest BCUT2D eigenvalue weighted by Crippen LogP contribution is 2.27. The van der Waals surface area contributed by atoms with Gasteiger partial charge in [0.25, 0.3) is 0 Å². The predicted molar refractivity (Wildman–Crippen MR) is 86.5 cm³/mol. The van der Waals surface area contributed by atoms with Gasteiger partial charge in [-0.3, -0.25) is 0 Å². The lowest BCUT2D eigenvalue weighted by atomic mass is 10.2. The average Bonchev–Trinajstić information content (AvgIpc) is 2.83. The smallest absolute Gasteiger partial charge is 0.123 e. The predicted octanol–water partition coefficient (Wildman–Crippen LogP) is 5.26. The van der Waals surface area contributed by atoms with E-state index in [1.54, 1.807) is 11.3 Å². The van der Waals surface area contributed by atoms with Crippen molar-refractivity contribution in [3.8, 4) is 5.75 Å². The van der Waals surface area contributed by atoms with E-state index in [1.807, 2.05) is 25.1 Å². The Morgan fingerprint density at radius 2 is 2.21 bits per heavy atom. The number of hydrogen-bond donors (Lipinski definition) is 1. The molecule has 2 nitrogen and oxygen atoms in total. The first kappa shape index (κ1) is 14.7.